The van der Waals surface area contributed by atoms with Crippen molar-refractivity contribution in [1.82, 2.24) is 5.32 Å². The monoisotopic (exact) mass is 518 g/mol. The number of halogens is 5. The number of carbonyl (C=O) groups excluding carboxylic acids is 1. The van der Waals surface area contributed by atoms with Crippen molar-refractivity contribution in [3.05, 3.63) is 68.7 Å². The van der Waals surface area contributed by atoms with Crippen LogP contribution >= 0.6 is 35.0 Å². The summed E-state index contributed by atoms with van der Waals surface area (Å²) in [5.41, 5.74) is -1.28. The molecule has 0 aliphatic carbocycles. The van der Waals surface area contributed by atoms with Gasteiger partial charge in [0.1, 0.15) is 0 Å². The predicted octanol–water partition coefficient (Wildman–Crippen LogP) is 6.76. The highest BCUT2D eigenvalue weighted by molar-refractivity contribution is 7.98. The summed E-state index contributed by atoms with van der Waals surface area (Å²) in [5, 5.41) is 6.84. The predicted molar refractivity (Wildman–Crippen MR) is 128 cm³/mol. The van der Waals surface area contributed by atoms with E-state index in [2.05, 4.69) is 10.5 Å². The van der Waals surface area contributed by atoms with Gasteiger partial charge in [0.05, 0.1) is 5.71 Å². The highest BCUT2D eigenvalue weighted by atomic mass is 35.5. The molecule has 0 spiro atoms. The Morgan fingerprint density at radius 1 is 1.24 bits per heavy atom. The van der Waals surface area contributed by atoms with Crippen molar-refractivity contribution in [3.8, 4) is 0 Å². The molecule has 1 aliphatic heterocycles. The number of rotatable bonds is 7. The second-order valence-electron chi connectivity index (χ2n) is 7.97. The molecule has 1 N–H and O–H groups in total. The van der Waals surface area contributed by atoms with Crippen LogP contribution in [0.25, 0.3) is 0 Å². The Kier molecular flexibility index (Phi) is 7.91. The molecule has 0 bridgehead atoms. The largest absolute Gasteiger partial charge is 0.435 e. The van der Waals surface area contributed by atoms with Crippen molar-refractivity contribution in [3.63, 3.8) is 0 Å². The van der Waals surface area contributed by atoms with Gasteiger partial charge < -0.3 is 10.2 Å². The SMILES string of the molecule is CSCCC(C)NC(=O)c1ccc(C2=NOC(c3cc(Cl)cc(Cl)c3)(C(F)(F)F)C2)cc1C. The fourth-order valence-electron chi connectivity index (χ4n) is 3.61. The minimum absolute atomic E-state index is 0.00792. The van der Waals surface area contributed by atoms with Crippen LogP contribution in [0.4, 0.5) is 13.2 Å². The summed E-state index contributed by atoms with van der Waals surface area (Å²) in [6.07, 6.45) is -2.48. The van der Waals surface area contributed by atoms with Crippen LogP contribution in [-0.4, -0.2) is 35.8 Å². The summed E-state index contributed by atoms with van der Waals surface area (Å²) in [4.78, 5) is 17.6. The van der Waals surface area contributed by atoms with E-state index in [0.29, 0.717) is 16.7 Å². The van der Waals surface area contributed by atoms with Crippen LogP contribution in [0.1, 0.15) is 46.8 Å². The first-order chi connectivity index (χ1) is 15.5. The van der Waals surface area contributed by atoms with Crippen molar-refractivity contribution in [2.75, 3.05) is 12.0 Å². The number of alkyl halides is 3. The van der Waals surface area contributed by atoms with Gasteiger partial charge in [0.2, 0.25) is 0 Å². The summed E-state index contributed by atoms with van der Waals surface area (Å²) in [6.45, 7) is 3.66. The molecule has 1 amide bonds. The van der Waals surface area contributed by atoms with E-state index < -0.39 is 18.2 Å². The molecule has 0 saturated carbocycles. The number of nitrogens with zero attached hydrogens (tertiary/aromatic N) is 1. The van der Waals surface area contributed by atoms with E-state index in [-0.39, 0.29) is 33.3 Å². The molecule has 2 atom stereocenters. The molecule has 4 nitrogen and oxygen atoms in total. The number of aryl methyl sites for hydroxylation is 1. The molecule has 2 aromatic carbocycles. The molecule has 33 heavy (non-hydrogen) atoms. The topological polar surface area (TPSA) is 50.7 Å². The summed E-state index contributed by atoms with van der Waals surface area (Å²) in [6, 6.07) is 8.52. The average Bonchev–Trinajstić information content (AvgIpc) is 3.18. The van der Waals surface area contributed by atoms with Gasteiger partial charge in [-0.15, -0.1) is 0 Å². The number of carbonyl (C=O) groups is 1. The lowest BCUT2D eigenvalue weighted by Crippen LogP contribution is -2.42. The second-order valence-corrected chi connectivity index (χ2v) is 9.83. The summed E-state index contributed by atoms with van der Waals surface area (Å²) >= 11 is 13.6. The molecule has 10 heteroatoms. The molecule has 2 unspecified atom stereocenters. The smallest absolute Gasteiger partial charge is 0.374 e. The fraction of sp³-hybridized carbons (Fsp3) is 0.391. The van der Waals surface area contributed by atoms with Gasteiger partial charge in [0.25, 0.3) is 11.5 Å². The van der Waals surface area contributed by atoms with E-state index in [1.165, 1.54) is 18.2 Å². The first-order valence-corrected chi connectivity index (χ1v) is 12.3. The van der Waals surface area contributed by atoms with Crippen molar-refractivity contribution in [2.24, 2.45) is 5.16 Å². The van der Waals surface area contributed by atoms with Crippen LogP contribution in [0.5, 0.6) is 0 Å². The highest BCUT2D eigenvalue weighted by Gasteiger charge is 2.62. The number of amides is 1. The number of hydrogen-bond acceptors (Lipinski definition) is 4. The van der Waals surface area contributed by atoms with Crippen molar-refractivity contribution in [1.29, 1.82) is 0 Å². The number of hydrogen-bond donors (Lipinski definition) is 1. The van der Waals surface area contributed by atoms with Crippen LogP contribution in [0, 0.1) is 6.92 Å². The van der Waals surface area contributed by atoms with Crippen LogP contribution < -0.4 is 5.32 Å². The van der Waals surface area contributed by atoms with Crippen molar-refractivity contribution >= 4 is 46.6 Å². The first kappa shape index (κ1) is 25.7. The average molecular weight is 519 g/mol. The summed E-state index contributed by atoms with van der Waals surface area (Å²) in [7, 11) is 0. The van der Waals surface area contributed by atoms with Gasteiger partial charge in [-0.25, -0.2) is 0 Å². The fourth-order valence-corrected chi connectivity index (χ4v) is 4.73. The standard InChI is InChI=1S/C23H23Cl2F3N2O2S/c1-13-8-15(4-5-19(13)21(31)29-14(2)6-7-33-3)20-12-22(32-30-20,23(26,27)28)16-9-17(24)11-18(25)10-16/h4-5,8-11,14H,6-7,12H2,1-3H3,(H,29,31). The van der Waals surface area contributed by atoms with Gasteiger partial charge in [0.15, 0.2) is 0 Å². The lowest BCUT2D eigenvalue weighted by molar-refractivity contribution is -0.275. The van der Waals surface area contributed by atoms with Crippen LogP contribution in [0.3, 0.4) is 0 Å². The van der Waals surface area contributed by atoms with E-state index in [4.69, 9.17) is 28.0 Å². The Labute approximate surface area is 204 Å². The van der Waals surface area contributed by atoms with E-state index >= 15 is 0 Å². The zero-order valence-corrected chi connectivity index (χ0v) is 20.6. The van der Waals surface area contributed by atoms with Crippen molar-refractivity contribution < 1.29 is 22.8 Å². The highest BCUT2D eigenvalue weighted by Crippen LogP contribution is 2.49. The Balaban J connectivity index is 1.85. The van der Waals surface area contributed by atoms with Gasteiger partial charge in [0, 0.05) is 33.6 Å². The maximum Gasteiger partial charge on any atom is 0.435 e. The molecule has 178 valence electrons. The maximum atomic E-state index is 14.2. The number of oxime groups is 1. The van der Waals surface area contributed by atoms with Crippen molar-refractivity contribution in [2.45, 2.75) is 44.5 Å². The number of thioether (sulfide) groups is 1. The van der Waals surface area contributed by atoms with E-state index in [9.17, 15) is 18.0 Å². The van der Waals surface area contributed by atoms with Crippen LogP contribution in [0.15, 0.2) is 41.6 Å². The summed E-state index contributed by atoms with van der Waals surface area (Å²) < 4.78 is 42.5. The molecule has 0 fully saturated rings. The minimum atomic E-state index is -4.77. The Hall–Kier alpha value is -1.90. The summed E-state index contributed by atoms with van der Waals surface area (Å²) in [5.74, 6) is 0.702. The molecule has 0 aromatic heterocycles. The van der Waals surface area contributed by atoms with E-state index in [1.54, 1.807) is 36.9 Å². The maximum absolute atomic E-state index is 14.2. The Morgan fingerprint density at radius 3 is 2.48 bits per heavy atom. The molecule has 2 aromatic rings. The molecule has 0 saturated heterocycles. The van der Waals surface area contributed by atoms with Gasteiger partial charge >= 0.3 is 6.18 Å². The quantitative estimate of drug-likeness (QED) is 0.440. The normalized spacial score (nSPS) is 19.1. The zero-order valence-electron chi connectivity index (χ0n) is 18.2. The molecule has 1 heterocycles. The molecular formula is C23H23Cl2F3N2O2S. The second kappa shape index (κ2) is 10.2. The van der Waals surface area contributed by atoms with Crippen LogP contribution in [0.2, 0.25) is 10.0 Å². The van der Waals surface area contributed by atoms with E-state index in [1.807, 2.05) is 13.2 Å². The molecule has 3 rings (SSSR count). The minimum Gasteiger partial charge on any atom is -0.374 e. The third-order valence-electron chi connectivity index (χ3n) is 5.45. The van der Waals surface area contributed by atoms with Gasteiger partial charge in [-0.3, -0.25) is 4.79 Å². The van der Waals surface area contributed by atoms with Gasteiger partial charge in [-0.1, -0.05) is 34.4 Å². The molecule has 0 radical (unpaired) electrons. The first-order valence-electron chi connectivity index (χ1n) is 10.2. The zero-order chi connectivity index (χ0) is 24.4. The van der Waals surface area contributed by atoms with Gasteiger partial charge in [-0.2, -0.15) is 24.9 Å². The molecule has 1 aliphatic rings. The third kappa shape index (κ3) is 5.61. The third-order valence-corrected chi connectivity index (χ3v) is 6.53. The van der Waals surface area contributed by atoms with E-state index in [0.717, 1.165) is 12.2 Å². The Bertz CT molecular complexity index is 1060. The lowest BCUT2D eigenvalue weighted by Gasteiger charge is -2.29. The lowest BCUT2D eigenvalue weighted by atomic mass is 9.86. The number of benzene rings is 2. The molecular weight excluding hydrogens is 496 g/mol. The Morgan fingerprint density at radius 2 is 1.91 bits per heavy atom. The number of nitrogens with one attached hydrogen (secondary N) is 1. The van der Waals surface area contributed by atoms with Gasteiger partial charge in [-0.05, 0) is 73.7 Å². The van der Waals surface area contributed by atoms with Crippen LogP contribution in [-0.2, 0) is 10.4 Å².